The van der Waals surface area contributed by atoms with Gasteiger partial charge in [-0.1, -0.05) is 17.7 Å². The summed E-state index contributed by atoms with van der Waals surface area (Å²) in [4.78, 5) is 4.66. The molecule has 5 heteroatoms. The number of nitrogens with one attached hydrogen (secondary N) is 2. The Labute approximate surface area is 151 Å². The Bertz CT molecular complexity index is 508. The zero-order chi connectivity index (χ0) is 17.9. The summed E-state index contributed by atoms with van der Waals surface area (Å²) in [5, 5.41) is 16.4. The largest absolute Gasteiger partial charge is 0.494 e. The second kappa shape index (κ2) is 11.0. The summed E-state index contributed by atoms with van der Waals surface area (Å²) >= 11 is 0. The first-order chi connectivity index (χ1) is 12.2. The smallest absolute Gasteiger partial charge is 0.191 e. The molecule has 1 saturated carbocycles. The fraction of sp³-hybridized carbons (Fsp3) is 0.650. The van der Waals surface area contributed by atoms with Crippen LogP contribution in [0.5, 0.6) is 5.75 Å². The van der Waals surface area contributed by atoms with Crippen LogP contribution < -0.4 is 15.4 Å². The molecule has 1 fully saturated rings. The monoisotopic (exact) mass is 347 g/mol. The van der Waals surface area contributed by atoms with Crippen molar-refractivity contribution in [3.8, 4) is 5.75 Å². The molecule has 0 unspecified atom stereocenters. The second-order valence-corrected chi connectivity index (χ2v) is 6.78. The van der Waals surface area contributed by atoms with Gasteiger partial charge in [0.1, 0.15) is 5.75 Å². The molecule has 0 saturated heterocycles. The maximum absolute atomic E-state index is 9.60. The van der Waals surface area contributed by atoms with Crippen molar-refractivity contribution in [1.29, 1.82) is 0 Å². The molecular formula is C20H33N3O2. The number of hydrogen-bond donors (Lipinski definition) is 3. The van der Waals surface area contributed by atoms with Crippen LogP contribution in [0, 0.1) is 6.92 Å². The van der Waals surface area contributed by atoms with E-state index in [0.717, 1.165) is 69.9 Å². The fourth-order valence-corrected chi connectivity index (χ4v) is 2.96. The Morgan fingerprint density at radius 3 is 2.56 bits per heavy atom. The summed E-state index contributed by atoms with van der Waals surface area (Å²) in [6.45, 7) is 6.53. The third kappa shape index (κ3) is 7.78. The van der Waals surface area contributed by atoms with E-state index in [1.807, 2.05) is 12.1 Å². The molecule has 0 aromatic heterocycles. The lowest BCUT2D eigenvalue weighted by molar-refractivity contribution is 0.120. The molecule has 0 amide bonds. The molecule has 25 heavy (non-hydrogen) atoms. The number of rotatable bonds is 8. The highest BCUT2D eigenvalue weighted by Gasteiger charge is 2.19. The molecule has 0 bridgehead atoms. The van der Waals surface area contributed by atoms with E-state index in [2.05, 4.69) is 41.6 Å². The van der Waals surface area contributed by atoms with E-state index in [1.54, 1.807) is 0 Å². The number of unbranched alkanes of at least 4 members (excludes halogenated alkanes) is 1. The van der Waals surface area contributed by atoms with Crippen LogP contribution in [0.1, 0.15) is 51.0 Å². The van der Waals surface area contributed by atoms with E-state index in [-0.39, 0.29) is 6.10 Å². The van der Waals surface area contributed by atoms with Gasteiger partial charge < -0.3 is 20.5 Å². The van der Waals surface area contributed by atoms with Crippen LogP contribution in [0.15, 0.2) is 29.3 Å². The Kier molecular flexibility index (Phi) is 8.60. The average Bonchev–Trinajstić information content (AvgIpc) is 2.61. The predicted octanol–water partition coefficient (Wildman–Crippen LogP) is 3.01. The van der Waals surface area contributed by atoms with Gasteiger partial charge in [-0.15, -0.1) is 0 Å². The minimum Gasteiger partial charge on any atom is -0.494 e. The topological polar surface area (TPSA) is 65.9 Å². The van der Waals surface area contributed by atoms with Gasteiger partial charge in [-0.3, -0.25) is 4.99 Å². The summed E-state index contributed by atoms with van der Waals surface area (Å²) in [6, 6.07) is 8.59. The molecule has 1 aliphatic rings. The highest BCUT2D eigenvalue weighted by molar-refractivity contribution is 5.80. The summed E-state index contributed by atoms with van der Waals surface area (Å²) in [5.74, 6) is 1.83. The van der Waals surface area contributed by atoms with E-state index in [9.17, 15) is 5.11 Å². The minimum atomic E-state index is -0.119. The molecule has 0 spiro atoms. The second-order valence-electron chi connectivity index (χ2n) is 6.78. The number of aryl methyl sites for hydroxylation is 1. The van der Waals surface area contributed by atoms with Gasteiger partial charge in [-0.05, 0) is 64.5 Å². The molecule has 0 atom stereocenters. The summed E-state index contributed by atoms with van der Waals surface area (Å²) in [6.07, 6.45) is 5.66. The number of benzene rings is 1. The maximum Gasteiger partial charge on any atom is 0.191 e. The van der Waals surface area contributed by atoms with Crippen LogP contribution in [0.4, 0.5) is 0 Å². The van der Waals surface area contributed by atoms with Gasteiger partial charge >= 0.3 is 0 Å². The Morgan fingerprint density at radius 1 is 1.16 bits per heavy atom. The third-order valence-electron chi connectivity index (χ3n) is 4.49. The van der Waals surface area contributed by atoms with Crippen molar-refractivity contribution in [3.05, 3.63) is 29.8 Å². The van der Waals surface area contributed by atoms with Crippen LogP contribution in [0.3, 0.4) is 0 Å². The van der Waals surface area contributed by atoms with Gasteiger partial charge in [0.05, 0.1) is 12.7 Å². The van der Waals surface area contributed by atoms with Crippen molar-refractivity contribution in [2.75, 3.05) is 19.7 Å². The van der Waals surface area contributed by atoms with Crippen molar-refractivity contribution in [3.63, 3.8) is 0 Å². The number of aliphatic hydroxyl groups is 1. The predicted molar refractivity (Wildman–Crippen MR) is 103 cm³/mol. The highest BCUT2D eigenvalue weighted by atomic mass is 16.5. The summed E-state index contributed by atoms with van der Waals surface area (Å²) < 4.78 is 5.74. The van der Waals surface area contributed by atoms with E-state index in [4.69, 9.17) is 4.74 Å². The van der Waals surface area contributed by atoms with Crippen molar-refractivity contribution in [1.82, 2.24) is 10.6 Å². The number of guanidine groups is 1. The van der Waals surface area contributed by atoms with Gasteiger partial charge in [0, 0.05) is 19.1 Å². The van der Waals surface area contributed by atoms with E-state index in [0.29, 0.717) is 6.04 Å². The van der Waals surface area contributed by atoms with Gasteiger partial charge in [0.15, 0.2) is 5.96 Å². The standard InChI is InChI=1S/C20H33N3O2/c1-3-21-20(23-17-8-10-18(24)11-9-17)22-14-4-5-15-25-19-12-6-16(2)7-13-19/h6-7,12-13,17-18,24H,3-5,8-11,14-15H2,1-2H3,(H2,21,22,23). The van der Waals surface area contributed by atoms with E-state index >= 15 is 0 Å². The third-order valence-corrected chi connectivity index (χ3v) is 4.49. The molecule has 1 aromatic rings. The Balaban J connectivity index is 1.64. The molecule has 1 aliphatic carbocycles. The first-order valence-electron chi connectivity index (χ1n) is 9.59. The lowest BCUT2D eigenvalue weighted by Crippen LogP contribution is -2.45. The Morgan fingerprint density at radius 2 is 1.88 bits per heavy atom. The lowest BCUT2D eigenvalue weighted by atomic mass is 9.93. The summed E-state index contributed by atoms with van der Waals surface area (Å²) in [5.41, 5.74) is 1.25. The molecule has 0 radical (unpaired) electrons. The number of nitrogens with zero attached hydrogens (tertiary/aromatic N) is 1. The molecule has 140 valence electrons. The zero-order valence-electron chi connectivity index (χ0n) is 15.6. The maximum atomic E-state index is 9.60. The molecule has 0 aliphatic heterocycles. The van der Waals surface area contributed by atoms with Crippen LogP contribution in [-0.2, 0) is 0 Å². The normalized spacial score (nSPS) is 21.0. The summed E-state index contributed by atoms with van der Waals surface area (Å²) in [7, 11) is 0. The van der Waals surface area contributed by atoms with Crippen molar-refractivity contribution < 1.29 is 9.84 Å². The van der Waals surface area contributed by atoms with Crippen LogP contribution in [0.25, 0.3) is 0 Å². The van der Waals surface area contributed by atoms with Crippen LogP contribution >= 0.6 is 0 Å². The molecule has 3 N–H and O–H groups in total. The average molecular weight is 348 g/mol. The first-order valence-corrected chi connectivity index (χ1v) is 9.59. The molecule has 0 heterocycles. The number of aliphatic hydroxyl groups excluding tert-OH is 1. The van der Waals surface area contributed by atoms with Gasteiger partial charge in [0.2, 0.25) is 0 Å². The Hall–Kier alpha value is -1.75. The van der Waals surface area contributed by atoms with Crippen LogP contribution in [-0.4, -0.2) is 42.9 Å². The molecular weight excluding hydrogens is 314 g/mol. The van der Waals surface area contributed by atoms with Crippen molar-refractivity contribution >= 4 is 5.96 Å². The number of aliphatic imine (C=N–C) groups is 1. The van der Waals surface area contributed by atoms with Gasteiger partial charge in [-0.2, -0.15) is 0 Å². The van der Waals surface area contributed by atoms with Crippen molar-refractivity contribution in [2.45, 2.75) is 64.5 Å². The minimum absolute atomic E-state index is 0.119. The quantitative estimate of drug-likeness (QED) is 0.384. The van der Waals surface area contributed by atoms with Crippen molar-refractivity contribution in [2.24, 2.45) is 4.99 Å². The number of hydrogen-bond acceptors (Lipinski definition) is 3. The fourth-order valence-electron chi connectivity index (χ4n) is 2.96. The van der Waals surface area contributed by atoms with E-state index in [1.165, 1.54) is 5.56 Å². The van der Waals surface area contributed by atoms with Gasteiger partial charge in [0.25, 0.3) is 0 Å². The zero-order valence-corrected chi connectivity index (χ0v) is 15.6. The van der Waals surface area contributed by atoms with Gasteiger partial charge in [-0.25, -0.2) is 0 Å². The van der Waals surface area contributed by atoms with E-state index < -0.39 is 0 Å². The first kappa shape index (κ1) is 19.6. The highest BCUT2D eigenvalue weighted by Crippen LogP contribution is 2.18. The molecule has 5 nitrogen and oxygen atoms in total. The SMILES string of the molecule is CCNC(=NCCCCOc1ccc(C)cc1)NC1CCC(O)CC1. The number of ether oxygens (including phenoxy) is 1. The lowest BCUT2D eigenvalue weighted by Gasteiger charge is -2.27. The molecule has 2 rings (SSSR count). The molecule has 1 aromatic carbocycles. The van der Waals surface area contributed by atoms with Crippen LogP contribution in [0.2, 0.25) is 0 Å².